The minimum absolute atomic E-state index is 0.0840. The SMILES string of the molecule is Cc1[nH]ncc1CNc1ccc(S(C)(=O)=O)cc1[N+](=O)[O-]. The van der Waals surface area contributed by atoms with Crippen LogP contribution in [0.25, 0.3) is 0 Å². The van der Waals surface area contributed by atoms with Gasteiger partial charge in [-0.1, -0.05) is 0 Å². The first kappa shape index (κ1) is 15.0. The molecule has 0 aliphatic heterocycles. The van der Waals surface area contributed by atoms with E-state index in [4.69, 9.17) is 0 Å². The Balaban J connectivity index is 2.31. The van der Waals surface area contributed by atoms with E-state index in [9.17, 15) is 18.5 Å². The van der Waals surface area contributed by atoms with Crippen LogP contribution in [0.4, 0.5) is 11.4 Å². The molecule has 1 aromatic heterocycles. The van der Waals surface area contributed by atoms with Crippen molar-refractivity contribution in [3.05, 3.63) is 45.8 Å². The second-order valence-electron chi connectivity index (χ2n) is 4.58. The zero-order chi connectivity index (χ0) is 15.6. The fourth-order valence-electron chi connectivity index (χ4n) is 1.79. The van der Waals surface area contributed by atoms with Gasteiger partial charge < -0.3 is 5.32 Å². The maximum atomic E-state index is 11.5. The number of sulfone groups is 1. The van der Waals surface area contributed by atoms with Crippen molar-refractivity contribution in [2.75, 3.05) is 11.6 Å². The second kappa shape index (κ2) is 5.52. The van der Waals surface area contributed by atoms with Crippen molar-refractivity contribution in [3.63, 3.8) is 0 Å². The van der Waals surface area contributed by atoms with Crippen LogP contribution < -0.4 is 5.32 Å². The van der Waals surface area contributed by atoms with Crippen molar-refractivity contribution in [2.24, 2.45) is 0 Å². The topological polar surface area (TPSA) is 118 Å². The van der Waals surface area contributed by atoms with Crippen LogP contribution in [-0.4, -0.2) is 29.8 Å². The molecule has 0 spiro atoms. The molecule has 0 amide bonds. The number of hydrogen-bond donors (Lipinski definition) is 2. The number of aryl methyl sites for hydroxylation is 1. The summed E-state index contributed by atoms with van der Waals surface area (Å²) in [5.74, 6) is 0. The van der Waals surface area contributed by atoms with Crippen molar-refractivity contribution in [1.29, 1.82) is 0 Å². The maximum absolute atomic E-state index is 11.5. The summed E-state index contributed by atoms with van der Waals surface area (Å²) >= 11 is 0. The average molecular weight is 310 g/mol. The molecular formula is C12H14N4O4S. The Morgan fingerprint density at radius 2 is 2.14 bits per heavy atom. The highest BCUT2D eigenvalue weighted by molar-refractivity contribution is 7.90. The van der Waals surface area contributed by atoms with E-state index in [0.717, 1.165) is 23.6 Å². The third-order valence-corrected chi connectivity index (χ3v) is 4.11. The van der Waals surface area contributed by atoms with Crippen LogP contribution in [0.15, 0.2) is 29.3 Å². The van der Waals surface area contributed by atoms with Crippen LogP contribution in [0.1, 0.15) is 11.3 Å². The predicted molar refractivity (Wildman–Crippen MR) is 76.9 cm³/mol. The third kappa shape index (κ3) is 3.37. The first-order valence-corrected chi connectivity index (χ1v) is 7.89. The first-order valence-electron chi connectivity index (χ1n) is 6.00. The third-order valence-electron chi connectivity index (χ3n) is 3.00. The molecule has 0 saturated carbocycles. The van der Waals surface area contributed by atoms with Crippen LogP contribution in [0.5, 0.6) is 0 Å². The number of aromatic nitrogens is 2. The van der Waals surface area contributed by atoms with Gasteiger partial charge in [-0.2, -0.15) is 5.10 Å². The van der Waals surface area contributed by atoms with Gasteiger partial charge in [0.05, 0.1) is 16.0 Å². The summed E-state index contributed by atoms with van der Waals surface area (Å²) in [6.45, 7) is 2.19. The van der Waals surface area contributed by atoms with E-state index in [1.54, 1.807) is 6.20 Å². The lowest BCUT2D eigenvalue weighted by Crippen LogP contribution is -2.05. The summed E-state index contributed by atoms with van der Waals surface area (Å²) in [6, 6.07) is 3.79. The summed E-state index contributed by atoms with van der Waals surface area (Å²) in [5, 5.41) is 20.6. The molecule has 0 radical (unpaired) electrons. The van der Waals surface area contributed by atoms with E-state index in [2.05, 4.69) is 15.5 Å². The number of aromatic amines is 1. The Morgan fingerprint density at radius 1 is 1.43 bits per heavy atom. The average Bonchev–Trinajstić information content (AvgIpc) is 2.80. The Morgan fingerprint density at radius 3 is 2.67 bits per heavy atom. The minimum atomic E-state index is -3.49. The van der Waals surface area contributed by atoms with Crippen LogP contribution in [0, 0.1) is 17.0 Å². The second-order valence-corrected chi connectivity index (χ2v) is 6.60. The summed E-state index contributed by atoms with van der Waals surface area (Å²) in [6.07, 6.45) is 2.63. The zero-order valence-electron chi connectivity index (χ0n) is 11.5. The highest BCUT2D eigenvalue weighted by atomic mass is 32.2. The number of rotatable bonds is 5. The molecule has 0 aliphatic carbocycles. The number of nitro groups is 1. The Labute approximate surface area is 121 Å². The predicted octanol–water partition coefficient (Wildman–Crippen LogP) is 1.64. The number of nitrogens with one attached hydrogen (secondary N) is 2. The van der Waals surface area contributed by atoms with Gasteiger partial charge in [0.2, 0.25) is 0 Å². The summed E-state index contributed by atoms with van der Waals surface area (Å²) < 4.78 is 22.9. The van der Waals surface area contributed by atoms with Gasteiger partial charge in [0, 0.05) is 30.1 Å². The van der Waals surface area contributed by atoms with E-state index in [-0.39, 0.29) is 16.3 Å². The molecule has 0 atom stereocenters. The standard InChI is InChI=1S/C12H14N4O4S/c1-8-9(7-14-15-8)6-13-11-4-3-10(21(2,19)20)5-12(11)16(17)18/h3-5,7,13H,6H2,1-2H3,(H,14,15). The van der Waals surface area contributed by atoms with Gasteiger partial charge >= 0.3 is 0 Å². The molecule has 0 aliphatic rings. The fourth-order valence-corrected chi connectivity index (χ4v) is 2.43. The van der Waals surface area contributed by atoms with Crippen LogP contribution in [0.2, 0.25) is 0 Å². The molecule has 2 N–H and O–H groups in total. The molecule has 9 heteroatoms. The molecule has 1 aromatic carbocycles. The largest absolute Gasteiger partial charge is 0.375 e. The monoisotopic (exact) mass is 310 g/mol. The van der Waals surface area contributed by atoms with E-state index in [0.29, 0.717) is 6.54 Å². The molecule has 8 nitrogen and oxygen atoms in total. The lowest BCUT2D eigenvalue weighted by molar-refractivity contribution is -0.384. The van der Waals surface area contributed by atoms with E-state index >= 15 is 0 Å². The van der Waals surface area contributed by atoms with Gasteiger partial charge in [0.1, 0.15) is 5.69 Å². The van der Waals surface area contributed by atoms with Crippen LogP contribution >= 0.6 is 0 Å². The molecule has 112 valence electrons. The number of H-pyrrole nitrogens is 1. The Bertz CT molecular complexity index is 782. The number of nitro benzene ring substituents is 1. The van der Waals surface area contributed by atoms with Gasteiger partial charge in [-0.3, -0.25) is 15.2 Å². The van der Waals surface area contributed by atoms with Gasteiger partial charge in [0.25, 0.3) is 5.69 Å². The Hall–Kier alpha value is -2.42. The highest BCUT2D eigenvalue weighted by Gasteiger charge is 2.18. The molecule has 1 heterocycles. The summed E-state index contributed by atoms with van der Waals surface area (Å²) in [4.78, 5) is 10.4. The van der Waals surface area contributed by atoms with Gasteiger partial charge in [-0.15, -0.1) is 0 Å². The van der Waals surface area contributed by atoms with E-state index < -0.39 is 14.8 Å². The molecule has 0 unspecified atom stereocenters. The zero-order valence-corrected chi connectivity index (χ0v) is 12.3. The van der Waals surface area contributed by atoms with E-state index in [1.807, 2.05) is 6.92 Å². The first-order chi connectivity index (χ1) is 9.79. The van der Waals surface area contributed by atoms with Gasteiger partial charge in [-0.05, 0) is 19.1 Å². The number of nitrogens with zero attached hydrogens (tertiary/aromatic N) is 2. The number of anilines is 1. The quantitative estimate of drug-likeness (QED) is 0.640. The van der Waals surface area contributed by atoms with E-state index in [1.165, 1.54) is 12.1 Å². The molecule has 2 aromatic rings. The summed E-state index contributed by atoms with van der Waals surface area (Å²) in [5.41, 5.74) is 1.71. The van der Waals surface area contributed by atoms with Gasteiger partial charge in [0.15, 0.2) is 9.84 Å². The molecule has 0 saturated heterocycles. The summed E-state index contributed by atoms with van der Waals surface area (Å²) in [7, 11) is -3.49. The molecule has 0 bridgehead atoms. The van der Waals surface area contributed by atoms with Crippen molar-refractivity contribution < 1.29 is 13.3 Å². The molecular weight excluding hydrogens is 296 g/mol. The normalized spacial score (nSPS) is 11.3. The molecule has 2 rings (SSSR count). The van der Waals surface area contributed by atoms with Crippen LogP contribution in [-0.2, 0) is 16.4 Å². The van der Waals surface area contributed by atoms with Gasteiger partial charge in [-0.25, -0.2) is 8.42 Å². The smallest absolute Gasteiger partial charge is 0.293 e. The van der Waals surface area contributed by atoms with Crippen molar-refractivity contribution in [1.82, 2.24) is 10.2 Å². The molecule has 21 heavy (non-hydrogen) atoms. The Kier molecular flexibility index (Phi) is 3.94. The maximum Gasteiger partial charge on any atom is 0.293 e. The fraction of sp³-hybridized carbons (Fsp3) is 0.250. The van der Waals surface area contributed by atoms with Crippen molar-refractivity contribution >= 4 is 21.2 Å². The minimum Gasteiger partial charge on any atom is -0.375 e. The molecule has 0 fully saturated rings. The lowest BCUT2D eigenvalue weighted by atomic mass is 10.2. The van der Waals surface area contributed by atoms with Crippen LogP contribution in [0.3, 0.4) is 0 Å². The lowest BCUT2D eigenvalue weighted by Gasteiger charge is -2.08. The highest BCUT2D eigenvalue weighted by Crippen LogP contribution is 2.28. The number of hydrogen-bond acceptors (Lipinski definition) is 6. The number of benzene rings is 1. The van der Waals surface area contributed by atoms with Crippen molar-refractivity contribution in [2.45, 2.75) is 18.4 Å². The van der Waals surface area contributed by atoms with Crippen molar-refractivity contribution in [3.8, 4) is 0 Å².